The van der Waals surface area contributed by atoms with Crippen molar-refractivity contribution < 1.29 is 5.11 Å². The smallest absolute Gasteiger partial charge is 0.0829 e. The van der Waals surface area contributed by atoms with Gasteiger partial charge in [-0.25, -0.2) is 0 Å². The van der Waals surface area contributed by atoms with Crippen LogP contribution >= 0.6 is 0 Å². The fraction of sp³-hybridized carbons (Fsp3) is 0.938. The van der Waals surface area contributed by atoms with Crippen LogP contribution in [0.1, 0.15) is 90.9 Å². The Morgan fingerprint density at radius 1 is 0.706 bits per heavy atom. The molecule has 0 aromatic rings. The van der Waals surface area contributed by atoms with Crippen LogP contribution in [0.25, 0.3) is 0 Å². The maximum absolute atomic E-state index is 9.20. The summed E-state index contributed by atoms with van der Waals surface area (Å²) in [4.78, 5) is 0. The molecule has 1 heteroatoms. The van der Waals surface area contributed by atoms with Crippen molar-refractivity contribution in [3.63, 3.8) is 0 Å². The lowest BCUT2D eigenvalue weighted by Crippen LogP contribution is -2.01. The zero-order valence-corrected chi connectivity index (χ0v) is 12.1. The highest BCUT2D eigenvalue weighted by atomic mass is 16.3. The summed E-state index contributed by atoms with van der Waals surface area (Å²) in [5.74, 6) is 0.457. The molecule has 0 aromatic heterocycles. The molecule has 0 saturated carbocycles. The van der Waals surface area contributed by atoms with E-state index in [0.717, 1.165) is 0 Å². The minimum absolute atomic E-state index is 0.457. The molecule has 0 aliphatic rings. The second kappa shape index (κ2) is 14.0. The average Bonchev–Trinajstić information content (AvgIpc) is 2.36. The highest BCUT2D eigenvalue weighted by Crippen LogP contribution is 2.19. The molecule has 0 heterocycles. The molecule has 103 valence electrons. The Balaban J connectivity index is 3.28. The van der Waals surface area contributed by atoms with E-state index in [9.17, 15) is 5.11 Å². The standard InChI is InChI=1S/C16H33O/c1-3-5-7-9-10-12-14-16(15-17)13-11-8-6-4-2/h15-17H,3-14H2,1-2H3. The monoisotopic (exact) mass is 241 g/mol. The lowest BCUT2D eigenvalue weighted by Gasteiger charge is -2.13. The van der Waals surface area contributed by atoms with Crippen LogP contribution in [0.2, 0.25) is 0 Å². The minimum atomic E-state index is 0.457. The van der Waals surface area contributed by atoms with Crippen LogP contribution in [0.3, 0.4) is 0 Å². The Bertz CT molecular complexity index is 133. The van der Waals surface area contributed by atoms with Crippen LogP contribution in [0.4, 0.5) is 0 Å². The van der Waals surface area contributed by atoms with Gasteiger partial charge in [0.05, 0.1) is 6.61 Å². The molecule has 1 nitrogen and oxygen atoms in total. The summed E-state index contributed by atoms with van der Waals surface area (Å²) < 4.78 is 0. The fourth-order valence-corrected chi connectivity index (χ4v) is 2.31. The van der Waals surface area contributed by atoms with E-state index in [2.05, 4.69) is 13.8 Å². The normalized spacial score (nSPS) is 12.9. The van der Waals surface area contributed by atoms with E-state index in [4.69, 9.17) is 0 Å². The predicted molar refractivity (Wildman–Crippen MR) is 76.5 cm³/mol. The molecule has 0 spiro atoms. The highest BCUT2D eigenvalue weighted by molar-refractivity contribution is 4.66. The summed E-state index contributed by atoms with van der Waals surface area (Å²) in [6, 6.07) is 0. The molecule has 0 bridgehead atoms. The highest BCUT2D eigenvalue weighted by Gasteiger charge is 2.07. The third kappa shape index (κ3) is 12.2. The molecule has 1 atom stereocenters. The van der Waals surface area contributed by atoms with E-state index in [-0.39, 0.29) is 0 Å². The molecule has 1 unspecified atom stereocenters. The molecule has 17 heavy (non-hydrogen) atoms. The minimum Gasteiger partial charge on any atom is -0.390 e. The number of hydrogen-bond acceptors (Lipinski definition) is 1. The summed E-state index contributed by atoms with van der Waals surface area (Å²) in [6.07, 6.45) is 15.7. The Hall–Kier alpha value is -0.0400. The van der Waals surface area contributed by atoms with Crippen molar-refractivity contribution in [3.05, 3.63) is 6.61 Å². The van der Waals surface area contributed by atoms with Crippen molar-refractivity contribution in [1.29, 1.82) is 0 Å². The lowest BCUT2D eigenvalue weighted by atomic mass is 9.95. The number of unbranched alkanes of at least 4 members (excludes halogenated alkanes) is 8. The Morgan fingerprint density at radius 3 is 1.59 bits per heavy atom. The van der Waals surface area contributed by atoms with Crippen molar-refractivity contribution in [2.45, 2.75) is 90.9 Å². The fourth-order valence-electron chi connectivity index (χ4n) is 2.31. The van der Waals surface area contributed by atoms with Gasteiger partial charge in [-0.1, -0.05) is 78.1 Å². The zero-order chi connectivity index (χ0) is 12.8. The van der Waals surface area contributed by atoms with Gasteiger partial charge in [0.1, 0.15) is 0 Å². The molecule has 0 fully saturated rings. The van der Waals surface area contributed by atoms with Crippen molar-refractivity contribution in [1.82, 2.24) is 0 Å². The van der Waals surface area contributed by atoms with Crippen LogP contribution in [-0.2, 0) is 0 Å². The summed E-state index contributed by atoms with van der Waals surface area (Å²) in [6.45, 7) is 5.94. The molecule has 0 aromatic carbocycles. The summed E-state index contributed by atoms with van der Waals surface area (Å²) in [5.41, 5.74) is 0. The van der Waals surface area contributed by atoms with Gasteiger partial charge in [0.2, 0.25) is 0 Å². The largest absolute Gasteiger partial charge is 0.390 e. The summed E-state index contributed by atoms with van der Waals surface area (Å²) in [5, 5.41) is 9.20. The second-order valence-corrected chi connectivity index (χ2v) is 5.31. The molecule has 0 aliphatic carbocycles. The molecule has 1 N–H and O–H groups in total. The van der Waals surface area contributed by atoms with E-state index in [1.54, 1.807) is 0 Å². The van der Waals surface area contributed by atoms with Gasteiger partial charge < -0.3 is 5.11 Å². The van der Waals surface area contributed by atoms with E-state index in [0.29, 0.717) is 5.92 Å². The number of hydrogen-bond donors (Lipinski definition) is 1. The third-order valence-corrected chi connectivity index (χ3v) is 3.57. The summed E-state index contributed by atoms with van der Waals surface area (Å²) >= 11 is 0. The van der Waals surface area contributed by atoms with Crippen molar-refractivity contribution in [3.8, 4) is 0 Å². The Morgan fingerprint density at radius 2 is 1.12 bits per heavy atom. The zero-order valence-electron chi connectivity index (χ0n) is 12.1. The van der Waals surface area contributed by atoms with Crippen molar-refractivity contribution in [2.24, 2.45) is 5.92 Å². The molecule has 0 amide bonds. The quantitative estimate of drug-likeness (QED) is 0.400. The average molecular weight is 241 g/mol. The van der Waals surface area contributed by atoms with Gasteiger partial charge in [-0.05, 0) is 18.8 Å². The first kappa shape index (κ1) is 17.0. The van der Waals surface area contributed by atoms with Gasteiger partial charge in [0.15, 0.2) is 0 Å². The topological polar surface area (TPSA) is 20.2 Å². The Kier molecular flexibility index (Phi) is 14.0. The van der Waals surface area contributed by atoms with Crippen LogP contribution in [0.5, 0.6) is 0 Å². The van der Waals surface area contributed by atoms with E-state index >= 15 is 0 Å². The molecular formula is C16H33O. The first-order chi connectivity index (χ1) is 8.35. The molecule has 0 rings (SSSR count). The number of rotatable bonds is 13. The second-order valence-electron chi connectivity index (χ2n) is 5.31. The lowest BCUT2D eigenvalue weighted by molar-refractivity contribution is 0.283. The van der Waals surface area contributed by atoms with Gasteiger partial charge in [0.25, 0.3) is 0 Å². The number of aliphatic hydroxyl groups is 1. The molecule has 0 saturated heterocycles. The summed E-state index contributed by atoms with van der Waals surface area (Å²) in [7, 11) is 0. The van der Waals surface area contributed by atoms with Gasteiger partial charge in [-0.15, -0.1) is 0 Å². The van der Waals surface area contributed by atoms with E-state index in [1.807, 2.05) is 0 Å². The van der Waals surface area contributed by atoms with Gasteiger partial charge in [0, 0.05) is 0 Å². The van der Waals surface area contributed by atoms with Crippen LogP contribution in [0.15, 0.2) is 0 Å². The van der Waals surface area contributed by atoms with Crippen molar-refractivity contribution >= 4 is 0 Å². The van der Waals surface area contributed by atoms with Crippen molar-refractivity contribution in [2.75, 3.05) is 0 Å². The first-order valence-electron chi connectivity index (χ1n) is 7.82. The first-order valence-corrected chi connectivity index (χ1v) is 7.82. The number of aliphatic hydroxyl groups excluding tert-OH is 1. The molecule has 0 aliphatic heterocycles. The van der Waals surface area contributed by atoms with Gasteiger partial charge in [-0.3, -0.25) is 0 Å². The molecule has 1 radical (unpaired) electrons. The van der Waals surface area contributed by atoms with E-state index in [1.165, 1.54) is 83.7 Å². The maximum atomic E-state index is 9.20. The Labute approximate surface area is 109 Å². The predicted octanol–water partition coefficient (Wildman–Crippen LogP) is 5.86. The van der Waals surface area contributed by atoms with Crippen LogP contribution in [-0.4, -0.2) is 5.11 Å². The van der Waals surface area contributed by atoms with Gasteiger partial charge in [-0.2, -0.15) is 0 Å². The molecular weight excluding hydrogens is 208 g/mol. The van der Waals surface area contributed by atoms with Gasteiger partial charge >= 0.3 is 0 Å². The van der Waals surface area contributed by atoms with Crippen LogP contribution < -0.4 is 0 Å². The maximum Gasteiger partial charge on any atom is 0.0829 e. The van der Waals surface area contributed by atoms with E-state index < -0.39 is 0 Å². The SMILES string of the molecule is CCCCCCCCC([CH]O)CCCCCC. The third-order valence-electron chi connectivity index (χ3n) is 3.57. The van der Waals surface area contributed by atoms with Crippen LogP contribution in [0, 0.1) is 12.5 Å².